The number of aryl methyl sites for hydroxylation is 1. The first kappa shape index (κ1) is 20.6. The highest BCUT2D eigenvalue weighted by molar-refractivity contribution is 5.96. The molecule has 8 nitrogen and oxygen atoms in total. The number of halogens is 1. The summed E-state index contributed by atoms with van der Waals surface area (Å²) in [6.45, 7) is 0.947. The number of esters is 1. The maximum atomic E-state index is 13.7. The molecule has 0 radical (unpaired) electrons. The fraction of sp³-hybridized carbons (Fsp3) is 0.0952. The van der Waals surface area contributed by atoms with Gasteiger partial charge in [-0.15, -0.1) is 0 Å². The summed E-state index contributed by atoms with van der Waals surface area (Å²) in [5, 5.41) is 12.9. The highest BCUT2D eigenvalue weighted by Gasteiger charge is 2.17. The van der Waals surface area contributed by atoms with Crippen molar-refractivity contribution in [1.29, 1.82) is 0 Å². The van der Waals surface area contributed by atoms with Crippen molar-refractivity contribution in [2.75, 3.05) is 11.9 Å². The number of nitro benzene ring substituents is 1. The molecule has 1 heterocycles. The Morgan fingerprint density at radius 3 is 2.53 bits per heavy atom. The van der Waals surface area contributed by atoms with E-state index in [1.54, 1.807) is 19.1 Å². The molecule has 30 heavy (non-hydrogen) atoms. The summed E-state index contributed by atoms with van der Waals surface area (Å²) in [7, 11) is 0. The molecule has 0 bridgehead atoms. The van der Waals surface area contributed by atoms with Crippen LogP contribution in [-0.2, 0) is 9.53 Å². The van der Waals surface area contributed by atoms with Crippen molar-refractivity contribution in [1.82, 2.24) is 4.98 Å². The molecule has 3 aromatic rings. The molecule has 0 unspecified atom stereocenters. The summed E-state index contributed by atoms with van der Waals surface area (Å²) in [5.41, 5.74) is 1.41. The normalized spacial score (nSPS) is 10.3. The van der Waals surface area contributed by atoms with E-state index in [1.165, 1.54) is 0 Å². The summed E-state index contributed by atoms with van der Waals surface area (Å²) >= 11 is 0. The zero-order valence-corrected chi connectivity index (χ0v) is 15.8. The Morgan fingerprint density at radius 1 is 1.13 bits per heavy atom. The second-order valence-corrected chi connectivity index (χ2v) is 6.24. The van der Waals surface area contributed by atoms with Gasteiger partial charge in [0.05, 0.1) is 27.6 Å². The molecule has 0 saturated carbocycles. The number of nitrogens with zero attached hydrogens (tertiary/aromatic N) is 2. The molecule has 1 amide bonds. The summed E-state index contributed by atoms with van der Waals surface area (Å²) in [6.07, 6.45) is 0. The number of non-ortho nitro benzene ring substituents is 1. The van der Waals surface area contributed by atoms with E-state index in [1.807, 2.05) is 30.3 Å². The minimum Gasteiger partial charge on any atom is -0.452 e. The van der Waals surface area contributed by atoms with Crippen molar-refractivity contribution in [2.45, 2.75) is 6.92 Å². The average Bonchev–Trinajstić information content (AvgIpc) is 2.74. The van der Waals surface area contributed by atoms with Gasteiger partial charge in [-0.3, -0.25) is 19.9 Å². The molecule has 0 fully saturated rings. The number of carbonyl (C=O) groups is 2. The first-order valence-corrected chi connectivity index (χ1v) is 8.79. The second kappa shape index (κ2) is 8.91. The van der Waals surface area contributed by atoms with Gasteiger partial charge in [-0.2, -0.15) is 0 Å². The SMILES string of the molecule is Cc1nc(-c2ccccc2)ccc1C(=O)OCC(=O)Nc1cc([N+](=O)[O-])ccc1F. The standard InChI is InChI=1S/C21H16FN3O5/c1-13-16(8-10-18(23-13)14-5-3-2-4-6-14)21(27)30-12-20(26)24-19-11-15(25(28)29)7-9-17(19)22/h2-11H,12H2,1H3,(H,24,26). The first-order chi connectivity index (χ1) is 14.3. The second-order valence-electron chi connectivity index (χ2n) is 6.24. The molecule has 2 aromatic carbocycles. The molecule has 1 aromatic heterocycles. The number of anilines is 1. The van der Waals surface area contributed by atoms with Gasteiger partial charge < -0.3 is 10.1 Å². The zero-order valence-electron chi connectivity index (χ0n) is 15.8. The predicted octanol–water partition coefficient (Wildman–Crippen LogP) is 3.90. The maximum absolute atomic E-state index is 13.7. The maximum Gasteiger partial charge on any atom is 0.340 e. The largest absolute Gasteiger partial charge is 0.452 e. The molecular formula is C21H16FN3O5. The van der Waals surface area contributed by atoms with Crippen molar-refractivity contribution in [3.63, 3.8) is 0 Å². The van der Waals surface area contributed by atoms with Gasteiger partial charge in [0.1, 0.15) is 5.82 Å². The van der Waals surface area contributed by atoms with E-state index in [-0.39, 0.29) is 16.9 Å². The van der Waals surface area contributed by atoms with E-state index in [0.29, 0.717) is 11.4 Å². The molecule has 0 aliphatic rings. The Kier molecular flexibility index (Phi) is 6.11. The molecule has 0 saturated heterocycles. The van der Waals surface area contributed by atoms with Gasteiger partial charge in [-0.1, -0.05) is 30.3 Å². The minimum atomic E-state index is -0.850. The number of benzene rings is 2. The number of ether oxygens (including phenoxy) is 1. The van der Waals surface area contributed by atoms with Crippen LogP contribution in [0.15, 0.2) is 60.7 Å². The summed E-state index contributed by atoms with van der Waals surface area (Å²) in [4.78, 5) is 38.7. The fourth-order valence-corrected chi connectivity index (χ4v) is 2.66. The monoisotopic (exact) mass is 409 g/mol. The zero-order chi connectivity index (χ0) is 21.7. The van der Waals surface area contributed by atoms with Gasteiger partial charge >= 0.3 is 5.97 Å². The van der Waals surface area contributed by atoms with E-state index in [2.05, 4.69) is 10.3 Å². The number of aromatic nitrogens is 1. The summed E-state index contributed by atoms with van der Waals surface area (Å²) in [5.74, 6) is -2.46. The molecule has 0 atom stereocenters. The van der Waals surface area contributed by atoms with Crippen LogP contribution in [0.5, 0.6) is 0 Å². The molecule has 0 spiro atoms. The van der Waals surface area contributed by atoms with Gasteiger partial charge in [-0.05, 0) is 25.1 Å². The Balaban J connectivity index is 1.64. The van der Waals surface area contributed by atoms with E-state index >= 15 is 0 Å². The highest BCUT2D eigenvalue weighted by Crippen LogP contribution is 2.21. The lowest BCUT2D eigenvalue weighted by molar-refractivity contribution is -0.384. The van der Waals surface area contributed by atoms with Gasteiger partial charge in [0.15, 0.2) is 6.61 Å². The van der Waals surface area contributed by atoms with Crippen molar-refractivity contribution < 1.29 is 23.6 Å². The predicted molar refractivity (Wildman–Crippen MR) is 106 cm³/mol. The van der Waals surface area contributed by atoms with Crippen LogP contribution in [-0.4, -0.2) is 28.4 Å². The minimum absolute atomic E-state index is 0.184. The van der Waals surface area contributed by atoms with Gasteiger partial charge in [-0.25, -0.2) is 9.18 Å². The van der Waals surface area contributed by atoms with Crippen molar-refractivity contribution in [3.05, 3.63) is 87.9 Å². The summed E-state index contributed by atoms with van der Waals surface area (Å²) in [6, 6.07) is 15.3. The van der Waals surface area contributed by atoms with E-state index < -0.39 is 29.2 Å². The molecule has 0 aliphatic heterocycles. The van der Waals surface area contributed by atoms with E-state index in [4.69, 9.17) is 4.74 Å². The number of hydrogen-bond donors (Lipinski definition) is 1. The van der Waals surface area contributed by atoms with E-state index in [9.17, 15) is 24.1 Å². The lowest BCUT2D eigenvalue weighted by Gasteiger charge is -2.09. The number of nitrogens with one attached hydrogen (secondary N) is 1. The van der Waals surface area contributed by atoms with Crippen LogP contribution in [0.3, 0.4) is 0 Å². The van der Waals surface area contributed by atoms with Crippen molar-refractivity contribution in [2.24, 2.45) is 0 Å². The van der Waals surface area contributed by atoms with Crippen molar-refractivity contribution >= 4 is 23.3 Å². The van der Waals surface area contributed by atoms with Gasteiger partial charge in [0.2, 0.25) is 0 Å². The number of rotatable bonds is 6. The lowest BCUT2D eigenvalue weighted by Crippen LogP contribution is -2.22. The molecular weight excluding hydrogens is 393 g/mol. The lowest BCUT2D eigenvalue weighted by atomic mass is 10.1. The Labute approximate surface area is 170 Å². The van der Waals surface area contributed by atoms with Crippen LogP contribution in [0.25, 0.3) is 11.3 Å². The Hall–Kier alpha value is -4.14. The fourth-order valence-electron chi connectivity index (χ4n) is 2.66. The number of pyridine rings is 1. The van der Waals surface area contributed by atoms with Crippen molar-refractivity contribution in [3.8, 4) is 11.3 Å². The molecule has 1 N–H and O–H groups in total. The van der Waals surface area contributed by atoms with Gasteiger partial charge in [0.25, 0.3) is 11.6 Å². The summed E-state index contributed by atoms with van der Waals surface area (Å²) < 4.78 is 18.7. The Morgan fingerprint density at radius 2 is 1.87 bits per heavy atom. The number of amides is 1. The number of nitro groups is 1. The molecule has 3 rings (SSSR count). The van der Waals surface area contributed by atoms with Crippen LogP contribution in [0.2, 0.25) is 0 Å². The first-order valence-electron chi connectivity index (χ1n) is 8.79. The molecule has 152 valence electrons. The molecule has 0 aliphatic carbocycles. The number of hydrogen-bond acceptors (Lipinski definition) is 6. The van der Waals surface area contributed by atoms with Crippen LogP contribution < -0.4 is 5.32 Å². The van der Waals surface area contributed by atoms with Gasteiger partial charge in [0, 0.05) is 17.7 Å². The van der Waals surface area contributed by atoms with Crippen LogP contribution in [0, 0.1) is 22.9 Å². The quantitative estimate of drug-likeness (QED) is 0.375. The number of carbonyl (C=O) groups excluding carboxylic acids is 2. The van der Waals surface area contributed by atoms with Crippen LogP contribution >= 0.6 is 0 Å². The van der Waals surface area contributed by atoms with Crippen LogP contribution in [0.4, 0.5) is 15.8 Å². The average molecular weight is 409 g/mol. The third kappa shape index (κ3) is 4.82. The van der Waals surface area contributed by atoms with Crippen LogP contribution in [0.1, 0.15) is 16.1 Å². The topological polar surface area (TPSA) is 111 Å². The Bertz CT molecular complexity index is 1120. The van der Waals surface area contributed by atoms with E-state index in [0.717, 1.165) is 23.8 Å². The molecule has 9 heteroatoms. The highest BCUT2D eigenvalue weighted by atomic mass is 19.1. The smallest absolute Gasteiger partial charge is 0.340 e. The third-order valence-electron chi connectivity index (χ3n) is 4.14. The third-order valence-corrected chi connectivity index (χ3v) is 4.14.